The molecule has 3 N–H and O–H groups in total. The Morgan fingerprint density at radius 3 is 2.03 bits per heavy atom. The molecule has 0 aromatic heterocycles. The molecule has 3 heterocycles. The van der Waals surface area contributed by atoms with Gasteiger partial charge in [-0.05, 0) is 82.4 Å². The molecule has 0 unspecified atom stereocenters. The van der Waals surface area contributed by atoms with Crippen LogP contribution in [0.4, 0.5) is 10.5 Å². The van der Waals surface area contributed by atoms with E-state index in [1.165, 1.54) is 19.2 Å². The molecule has 2 saturated heterocycles. The van der Waals surface area contributed by atoms with Gasteiger partial charge in [0.1, 0.15) is 35.7 Å². The number of methoxy groups -OCH3 is 2. The highest BCUT2D eigenvalue weighted by Gasteiger charge is 2.75. The zero-order valence-electron chi connectivity index (χ0n) is 36.7. The summed E-state index contributed by atoms with van der Waals surface area (Å²) in [5.41, 5.74) is 1.73. The molecule has 6 aromatic carbocycles. The van der Waals surface area contributed by atoms with Crippen molar-refractivity contribution in [3.63, 3.8) is 0 Å². The van der Waals surface area contributed by atoms with Crippen LogP contribution in [0.15, 0.2) is 158 Å². The van der Waals surface area contributed by atoms with E-state index in [-0.39, 0.29) is 36.8 Å². The number of cyclic esters (lactones) is 1. The normalized spacial score (nSPS) is 22.2. The smallest absolute Gasteiger partial charge is 0.421 e. The number of carbonyl (C=O) groups is 4. The lowest BCUT2D eigenvalue weighted by Gasteiger charge is -2.46. The minimum absolute atomic E-state index is 0.0396. The molecule has 1 spiro atoms. The first-order valence-electron chi connectivity index (χ1n) is 21.8. The maximum Gasteiger partial charge on any atom is 0.421 e. The van der Waals surface area contributed by atoms with E-state index in [0.29, 0.717) is 39.1 Å². The first-order valence-corrected chi connectivity index (χ1v) is 21.8. The number of fused-ring (bicyclic) bond motifs is 3. The van der Waals surface area contributed by atoms with Gasteiger partial charge in [-0.15, -0.1) is 0 Å². The summed E-state index contributed by atoms with van der Waals surface area (Å²) in [6.07, 6.45) is -3.13. The highest BCUT2D eigenvalue weighted by molar-refractivity contribution is 6.23. The standard InChI is InChI=1S/C54H47N3O10/c1-64-30-31-66-53(63)56-43-29-22-35(19-18-34-20-27-41(65-2)28-21-34)32-42(43)54(52(56)62)45(50(60)55-33-44(59)36-12-6-3-7-13-36)47-51(61)67-48(38-16-10-5-11-17-38)46(37-14-8-4-9-15-37)57(47)49(54)39-23-25-40(58)26-24-39/h3-17,20-29,32,44-49,58-59H,30-31,33H2,1-2H3,(H,55,60)/t44-,45+,46+,47+,48-,49-,54+/m0/s1. The third-order valence-corrected chi connectivity index (χ3v) is 12.7. The average molecular weight is 898 g/mol. The van der Waals surface area contributed by atoms with Gasteiger partial charge in [0.2, 0.25) is 11.8 Å². The molecule has 0 bridgehead atoms. The number of amides is 3. The number of esters is 1. The summed E-state index contributed by atoms with van der Waals surface area (Å²) in [5.74, 6) is 2.99. The van der Waals surface area contributed by atoms with E-state index in [9.17, 15) is 15.0 Å². The summed E-state index contributed by atoms with van der Waals surface area (Å²) in [6.45, 7) is -0.434. The number of carbonyl (C=O) groups excluding carboxylic acids is 4. The fraction of sp³-hybridized carbons (Fsp3) is 0.222. The van der Waals surface area contributed by atoms with Crippen molar-refractivity contribution in [3.8, 4) is 23.3 Å². The number of morpholine rings is 1. The number of rotatable bonds is 11. The summed E-state index contributed by atoms with van der Waals surface area (Å²) in [4.78, 5) is 64.4. The molecule has 0 aliphatic carbocycles. The van der Waals surface area contributed by atoms with E-state index < -0.39 is 65.5 Å². The van der Waals surface area contributed by atoms with Gasteiger partial charge in [-0.1, -0.05) is 115 Å². The largest absolute Gasteiger partial charge is 0.508 e. The topological polar surface area (TPSA) is 164 Å². The van der Waals surface area contributed by atoms with Gasteiger partial charge in [0, 0.05) is 24.8 Å². The molecular weight excluding hydrogens is 851 g/mol. The van der Waals surface area contributed by atoms with E-state index >= 15 is 14.4 Å². The van der Waals surface area contributed by atoms with E-state index in [2.05, 4.69) is 17.2 Å². The van der Waals surface area contributed by atoms with Crippen molar-refractivity contribution in [1.82, 2.24) is 10.2 Å². The second kappa shape index (κ2) is 19.0. The summed E-state index contributed by atoms with van der Waals surface area (Å²) < 4.78 is 22.7. The number of aliphatic hydroxyl groups excluding tert-OH is 1. The van der Waals surface area contributed by atoms with Crippen molar-refractivity contribution in [1.29, 1.82) is 0 Å². The first kappa shape index (κ1) is 44.4. The number of ether oxygens (including phenoxy) is 4. The summed E-state index contributed by atoms with van der Waals surface area (Å²) in [7, 11) is 3.02. The molecule has 338 valence electrons. The molecule has 2 fully saturated rings. The average Bonchev–Trinajstić information content (AvgIpc) is 3.82. The highest BCUT2D eigenvalue weighted by atomic mass is 16.6. The molecule has 3 amide bonds. The number of anilines is 1. The van der Waals surface area contributed by atoms with Crippen LogP contribution >= 0.6 is 0 Å². The molecule has 6 aromatic rings. The van der Waals surface area contributed by atoms with Gasteiger partial charge in [0.15, 0.2) is 0 Å². The predicted octanol–water partition coefficient (Wildman–Crippen LogP) is 7.10. The van der Waals surface area contributed by atoms with Gasteiger partial charge in [0.25, 0.3) is 0 Å². The van der Waals surface area contributed by atoms with Gasteiger partial charge >= 0.3 is 12.1 Å². The number of aromatic hydroxyl groups is 1. The van der Waals surface area contributed by atoms with Gasteiger partial charge < -0.3 is 34.5 Å². The van der Waals surface area contributed by atoms with Gasteiger partial charge in [-0.25, -0.2) is 9.69 Å². The van der Waals surface area contributed by atoms with Crippen LogP contribution in [0.1, 0.15) is 63.2 Å². The Morgan fingerprint density at radius 2 is 1.37 bits per heavy atom. The minimum Gasteiger partial charge on any atom is -0.508 e. The van der Waals surface area contributed by atoms with Crippen LogP contribution in [0, 0.1) is 17.8 Å². The number of phenols is 1. The molecule has 9 rings (SSSR count). The number of benzene rings is 6. The van der Waals surface area contributed by atoms with Crippen LogP contribution in [0.3, 0.4) is 0 Å². The molecule has 0 saturated carbocycles. The highest BCUT2D eigenvalue weighted by Crippen LogP contribution is 2.66. The molecule has 67 heavy (non-hydrogen) atoms. The second-order valence-electron chi connectivity index (χ2n) is 16.5. The van der Waals surface area contributed by atoms with Gasteiger partial charge in [-0.2, -0.15) is 0 Å². The first-order chi connectivity index (χ1) is 32.6. The van der Waals surface area contributed by atoms with E-state index in [1.54, 1.807) is 92.0 Å². The van der Waals surface area contributed by atoms with Crippen molar-refractivity contribution in [2.45, 2.75) is 35.7 Å². The molecule has 13 nitrogen and oxygen atoms in total. The monoisotopic (exact) mass is 897 g/mol. The SMILES string of the molecule is COCCOC(=O)N1C(=O)[C@@]2(c3cc(C#Cc4ccc(OC)cc4)ccc31)[C@H](c1ccc(O)cc1)N1[C@H](c3ccccc3)[C@H](c3ccccc3)OC(=O)[C@H]1[C@@H]2C(=O)NC[C@H](O)c1ccccc1. The Balaban J connectivity index is 1.32. The zero-order valence-corrected chi connectivity index (χ0v) is 36.7. The van der Waals surface area contributed by atoms with E-state index in [4.69, 9.17) is 18.9 Å². The lowest BCUT2D eigenvalue weighted by atomic mass is 9.65. The Labute approximate surface area is 387 Å². The molecular formula is C54H47N3O10. The number of nitrogens with zero attached hydrogens (tertiary/aromatic N) is 2. The van der Waals surface area contributed by atoms with Crippen molar-refractivity contribution in [2.24, 2.45) is 5.92 Å². The second-order valence-corrected chi connectivity index (χ2v) is 16.5. The Kier molecular flexibility index (Phi) is 12.6. The number of aliphatic hydroxyl groups is 1. The molecule has 0 radical (unpaired) electrons. The van der Waals surface area contributed by atoms with Crippen LogP contribution in [-0.4, -0.2) is 79.0 Å². The lowest BCUT2D eigenvalue weighted by molar-refractivity contribution is -0.178. The number of nitrogens with one attached hydrogen (secondary N) is 1. The van der Waals surface area contributed by atoms with Crippen LogP contribution in [-0.2, 0) is 34.0 Å². The lowest BCUT2D eigenvalue weighted by Crippen LogP contribution is -2.56. The van der Waals surface area contributed by atoms with Crippen LogP contribution < -0.4 is 15.0 Å². The number of phenolic OH excluding ortho intramolecular Hbond substituents is 1. The van der Waals surface area contributed by atoms with Crippen LogP contribution in [0.5, 0.6) is 11.5 Å². The third-order valence-electron chi connectivity index (χ3n) is 12.7. The van der Waals surface area contributed by atoms with Crippen molar-refractivity contribution in [2.75, 3.05) is 38.9 Å². The molecule has 3 aliphatic rings. The maximum atomic E-state index is 16.3. The van der Waals surface area contributed by atoms with Crippen molar-refractivity contribution >= 4 is 29.6 Å². The Morgan fingerprint density at radius 1 is 0.746 bits per heavy atom. The number of imide groups is 1. The summed E-state index contributed by atoms with van der Waals surface area (Å²) in [5, 5.41) is 25.0. The van der Waals surface area contributed by atoms with Crippen molar-refractivity contribution < 1.29 is 48.3 Å². The third kappa shape index (κ3) is 8.16. The Bertz CT molecular complexity index is 2830. The van der Waals surface area contributed by atoms with Gasteiger partial charge in [-0.3, -0.25) is 19.3 Å². The fourth-order valence-electron chi connectivity index (χ4n) is 9.82. The predicted molar refractivity (Wildman–Crippen MR) is 247 cm³/mol. The Hall–Kier alpha value is -7.76. The number of hydrogen-bond acceptors (Lipinski definition) is 11. The zero-order chi connectivity index (χ0) is 46.7. The maximum absolute atomic E-state index is 16.3. The van der Waals surface area contributed by atoms with Crippen LogP contribution in [0.2, 0.25) is 0 Å². The number of hydrogen-bond donors (Lipinski definition) is 3. The van der Waals surface area contributed by atoms with Gasteiger partial charge in [0.05, 0.1) is 43.5 Å². The quantitative estimate of drug-likeness (QED) is 0.0691. The molecule has 13 heteroatoms. The van der Waals surface area contributed by atoms with E-state index in [1.807, 2.05) is 65.6 Å². The minimum atomic E-state index is -2.10. The van der Waals surface area contributed by atoms with Crippen LogP contribution in [0.25, 0.3) is 0 Å². The summed E-state index contributed by atoms with van der Waals surface area (Å²) >= 11 is 0. The molecule has 7 atom stereocenters. The molecule has 3 aliphatic heterocycles. The summed E-state index contributed by atoms with van der Waals surface area (Å²) in [6, 6.07) is 42.3. The fourth-order valence-corrected chi connectivity index (χ4v) is 9.82. The van der Waals surface area contributed by atoms with Crippen molar-refractivity contribution in [3.05, 3.63) is 197 Å². The van der Waals surface area contributed by atoms with E-state index in [0.717, 1.165) is 4.90 Å².